The van der Waals surface area contributed by atoms with E-state index in [9.17, 15) is 19.0 Å². The van der Waals surface area contributed by atoms with E-state index in [1.165, 1.54) is 186 Å². The highest BCUT2D eigenvalue weighted by Crippen LogP contribution is 2.43. The van der Waals surface area contributed by atoms with Crippen molar-refractivity contribution in [2.45, 2.75) is 302 Å². The van der Waals surface area contributed by atoms with Crippen molar-refractivity contribution < 1.29 is 37.6 Å². The third-order valence-corrected chi connectivity index (χ3v) is 14.7. The number of carbonyl (C=O) groups excluding carboxylic acids is 2. The number of hydrogen-bond donors (Lipinski definition) is 2. The lowest BCUT2D eigenvalue weighted by Gasteiger charge is -2.19. The third-order valence-electron chi connectivity index (χ3n) is 13.8. The first-order valence-electron chi connectivity index (χ1n) is 32.1. The number of hydrogen-bond acceptors (Lipinski definition) is 8. The minimum Gasteiger partial charge on any atom is -0.462 e. The van der Waals surface area contributed by atoms with Crippen molar-refractivity contribution in [3.05, 3.63) is 85.1 Å². The van der Waals surface area contributed by atoms with Gasteiger partial charge in [0.25, 0.3) is 0 Å². The zero-order valence-electron chi connectivity index (χ0n) is 49.9. The third kappa shape index (κ3) is 62.3. The van der Waals surface area contributed by atoms with Gasteiger partial charge >= 0.3 is 19.8 Å². The van der Waals surface area contributed by atoms with Gasteiger partial charge in [0, 0.05) is 19.4 Å². The van der Waals surface area contributed by atoms with E-state index >= 15 is 0 Å². The van der Waals surface area contributed by atoms with Gasteiger partial charge in [-0.1, -0.05) is 279 Å². The van der Waals surface area contributed by atoms with Gasteiger partial charge in [-0.05, 0) is 89.9 Å². The quantitative estimate of drug-likeness (QED) is 0.0264. The maximum atomic E-state index is 12.7. The Bertz CT molecular complexity index is 1530. The van der Waals surface area contributed by atoms with Crippen molar-refractivity contribution in [1.29, 1.82) is 0 Å². The minimum atomic E-state index is -4.40. The minimum absolute atomic E-state index is 0.0452. The maximum absolute atomic E-state index is 12.7. The van der Waals surface area contributed by atoms with Crippen molar-refractivity contribution in [1.82, 2.24) is 0 Å². The van der Waals surface area contributed by atoms with E-state index in [0.29, 0.717) is 6.42 Å². The molecule has 2 atom stereocenters. The number of rotatable bonds is 60. The van der Waals surface area contributed by atoms with E-state index < -0.39 is 26.5 Å². The number of esters is 2. The molecular formula is C67H120NO8P. The molecule has 3 N–H and O–H groups in total. The molecule has 0 fully saturated rings. The van der Waals surface area contributed by atoms with Crippen molar-refractivity contribution in [2.75, 3.05) is 26.4 Å². The van der Waals surface area contributed by atoms with Gasteiger partial charge in [-0.15, -0.1) is 0 Å². The number of nitrogens with two attached hydrogens (primary N) is 1. The zero-order valence-corrected chi connectivity index (χ0v) is 50.8. The summed E-state index contributed by atoms with van der Waals surface area (Å²) < 4.78 is 33.0. The molecule has 0 radical (unpaired) electrons. The molecule has 0 aliphatic heterocycles. The Hall–Kier alpha value is -2.81. The molecule has 0 amide bonds. The molecule has 0 rings (SSSR count). The lowest BCUT2D eigenvalue weighted by atomic mass is 10.0. The van der Waals surface area contributed by atoms with Gasteiger partial charge in [0.05, 0.1) is 13.2 Å². The van der Waals surface area contributed by atoms with Crippen LogP contribution in [0.3, 0.4) is 0 Å². The molecule has 0 aliphatic carbocycles. The lowest BCUT2D eigenvalue weighted by Crippen LogP contribution is -2.29. The van der Waals surface area contributed by atoms with Crippen LogP contribution in [0.4, 0.5) is 0 Å². The Balaban J connectivity index is 3.84. The average Bonchev–Trinajstić information content (AvgIpc) is 3.42. The van der Waals surface area contributed by atoms with Gasteiger partial charge < -0.3 is 20.1 Å². The van der Waals surface area contributed by atoms with E-state index in [4.69, 9.17) is 24.3 Å². The highest BCUT2D eigenvalue weighted by atomic mass is 31.2. The Morgan fingerprint density at radius 2 is 0.714 bits per heavy atom. The van der Waals surface area contributed by atoms with Crippen LogP contribution in [0.15, 0.2) is 85.1 Å². The van der Waals surface area contributed by atoms with Gasteiger partial charge in [0.15, 0.2) is 6.10 Å². The molecule has 0 aromatic carbocycles. The van der Waals surface area contributed by atoms with Crippen molar-refractivity contribution in [3.8, 4) is 0 Å². The van der Waals surface area contributed by atoms with Gasteiger partial charge in [0.1, 0.15) is 6.61 Å². The van der Waals surface area contributed by atoms with E-state index in [2.05, 4.69) is 98.9 Å². The molecule has 77 heavy (non-hydrogen) atoms. The second-order valence-electron chi connectivity index (χ2n) is 21.2. The number of carbonyl (C=O) groups is 2. The van der Waals surface area contributed by atoms with Gasteiger partial charge in [-0.25, -0.2) is 4.57 Å². The summed E-state index contributed by atoms with van der Waals surface area (Å²) in [6, 6.07) is 0. The van der Waals surface area contributed by atoms with Crippen molar-refractivity contribution in [2.24, 2.45) is 5.73 Å². The number of unbranched alkanes of at least 4 members (excludes halogenated alkanes) is 33. The number of ether oxygens (including phenoxy) is 2. The van der Waals surface area contributed by atoms with Crippen LogP contribution in [0.25, 0.3) is 0 Å². The topological polar surface area (TPSA) is 134 Å². The first-order valence-corrected chi connectivity index (χ1v) is 33.6. The molecule has 0 bridgehead atoms. The normalized spacial score (nSPS) is 13.6. The largest absolute Gasteiger partial charge is 0.472 e. The Labute approximate surface area is 474 Å². The highest BCUT2D eigenvalue weighted by Gasteiger charge is 2.26. The fraction of sp³-hybridized carbons (Fsp3) is 0.761. The highest BCUT2D eigenvalue weighted by molar-refractivity contribution is 7.47. The van der Waals surface area contributed by atoms with Crippen LogP contribution in [-0.2, 0) is 32.7 Å². The Kier molecular flexibility index (Phi) is 60.1. The number of phosphoric acid groups is 1. The van der Waals surface area contributed by atoms with Crippen LogP contribution in [0.2, 0.25) is 0 Å². The van der Waals surface area contributed by atoms with E-state index in [0.717, 1.165) is 77.0 Å². The van der Waals surface area contributed by atoms with E-state index in [1.807, 2.05) is 0 Å². The fourth-order valence-electron chi connectivity index (χ4n) is 9.05. The molecule has 446 valence electrons. The molecule has 10 heteroatoms. The predicted octanol–water partition coefficient (Wildman–Crippen LogP) is 20.6. The first kappa shape index (κ1) is 74.2. The molecular weight excluding hydrogens is 978 g/mol. The monoisotopic (exact) mass is 1100 g/mol. The number of phosphoric ester groups is 1. The van der Waals surface area contributed by atoms with Crippen LogP contribution in [0, 0.1) is 0 Å². The summed E-state index contributed by atoms with van der Waals surface area (Å²) in [6.45, 7) is 3.60. The molecule has 9 nitrogen and oxygen atoms in total. The second-order valence-corrected chi connectivity index (χ2v) is 22.7. The van der Waals surface area contributed by atoms with Crippen LogP contribution in [-0.4, -0.2) is 49.3 Å². The molecule has 0 heterocycles. The summed E-state index contributed by atoms with van der Waals surface area (Å²) in [5.74, 6) is -0.859. The lowest BCUT2D eigenvalue weighted by molar-refractivity contribution is -0.161. The van der Waals surface area contributed by atoms with Crippen molar-refractivity contribution in [3.63, 3.8) is 0 Å². The molecule has 0 saturated carbocycles. The summed E-state index contributed by atoms with van der Waals surface area (Å²) in [4.78, 5) is 35.2. The smallest absolute Gasteiger partial charge is 0.462 e. The fourth-order valence-corrected chi connectivity index (χ4v) is 9.81. The Morgan fingerprint density at radius 1 is 0.403 bits per heavy atom. The van der Waals surface area contributed by atoms with Crippen LogP contribution < -0.4 is 5.73 Å². The zero-order chi connectivity index (χ0) is 55.9. The Morgan fingerprint density at radius 3 is 1.08 bits per heavy atom. The first-order chi connectivity index (χ1) is 37.8. The SMILES string of the molecule is CC/C=C\C/C=C\C/C=C\C/C=C\C/C=C\CCCCCC(=O)OC(COC(=O)CCCCCCCCCCCCCCCCCCCCCCCCCCC/C=C\C/C=C\CCCCCCC)COP(=O)(O)OCCN. The average molecular weight is 1100 g/mol. The van der Waals surface area contributed by atoms with E-state index in [1.54, 1.807) is 0 Å². The standard InChI is InChI=1S/C67H120NO8P/c1-3-5-7-9-11-13-15-17-19-21-23-24-25-26-27-28-29-30-31-32-33-34-35-36-37-38-39-40-42-43-45-47-49-51-53-55-57-59-66(69)73-63-65(64-75-77(71,72)74-62-61-68)76-67(70)60-58-56-54-52-50-48-46-44-41-22-20-18-16-14-12-10-8-6-4-2/h6,8,12,14-15,17-18,20-21,23,41,44,48,50,65H,3-5,7,9-11,13,16,19,22,24-40,42-43,45-47,49,51-64,68H2,1-2H3,(H,71,72)/b8-6-,14-12-,17-15-,20-18-,23-21-,44-41-,50-48-. The van der Waals surface area contributed by atoms with Crippen molar-refractivity contribution >= 4 is 19.8 Å². The van der Waals surface area contributed by atoms with E-state index in [-0.39, 0.29) is 38.6 Å². The van der Waals surface area contributed by atoms with Crippen LogP contribution >= 0.6 is 7.82 Å². The molecule has 0 aliphatic rings. The molecule has 2 unspecified atom stereocenters. The molecule has 0 saturated heterocycles. The maximum Gasteiger partial charge on any atom is 0.472 e. The van der Waals surface area contributed by atoms with Crippen LogP contribution in [0.5, 0.6) is 0 Å². The predicted molar refractivity (Wildman–Crippen MR) is 330 cm³/mol. The summed E-state index contributed by atoms with van der Waals surface area (Å²) in [5, 5.41) is 0. The molecule has 0 aromatic heterocycles. The van der Waals surface area contributed by atoms with Crippen LogP contribution in [0.1, 0.15) is 296 Å². The molecule has 0 aromatic rings. The number of allylic oxidation sites excluding steroid dienone is 14. The summed E-state index contributed by atoms with van der Waals surface area (Å²) in [6.07, 6.45) is 82.5. The summed E-state index contributed by atoms with van der Waals surface area (Å²) in [5.41, 5.74) is 5.38. The second kappa shape index (κ2) is 62.4. The van der Waals surface area contributed by atoms with Gasteiger partial charge in [-0.2, -0.15) is 0 Å². The van der Waals surface area contributed by atoms with Gasteiger partial charge in [0.2, 0.25) is 0 Å². The summed E-state index contributed by atoms with van der Waals surface area (Å²) >= 11 is 0. The van der Waals surface area contributed by atoms with Gasteiger partial charge in [-0.3, -0.25) is 18.6 Å². The summed E-state index contributed by atoms with van der Waals surface area (Å²) in [7, 11) is -4.40. The molecule has 0 spiro atoms.